The first-order chi connectivity index (χ1) is 6.09. The summed E-state index contributed by atoms with van der Waals surface area (Å²) >= 11 is 0.000321. The lowest BCUT2D eigenvalue weighted by atomic mass is 10.1. The van der Waals surface area contributed by atoms with Gasteiger partial charge in [0.25, 0.3) is 0 Å². The number of rotatable bonds is 3. The van der Waals surface area contributed by atoms with E-state index in [1.54, 1.807) is 6.92 Å². The minimum Gasteiger partial charge on any atom is -0.343 e. The Kier molecular flexibility index (Phi) is 4.06. The standard InChI is InChI=1S/C9H20N2OS/c1-8(12)11-5-4-9(7-11)6-10-13(2)3/h9-10,13H,4-7H2,1-3H3. The van der Waals surface area contributed by atoms with Crippen molar-refractivity contribution in [2.24, 2.45) is 5.92 Å². The summed E-state index contributed by atoms with van der Waals surface area (Å²) in [4.78, 5) is 13.0. The Morgan fingerprint density at radius 1 is 1.62 bits per heavy atom. The van der Waals surface area contributed by atoms with Crippen LogP contribution in [0.25, 0.3) is 0 Å². The number of carbonyl (C=O) groups excluding carboxylic acids is 1. The van der Waals surface area contributed by atoms with Crippen molar-refractivity contribution in [3.8, 4) is 0 Å². The zero-order chi connectivity index (χ0) is 9.84. The minimum absolute atomic E-state index is 0.000321. The number of amides is 1. The predicted octanol–water partition coefficient (Wildman–Crippen LogP) is 0.620. The molecule has 1 unspecified atom stereocenters. The Bertz CT molecular complexity index is 184. The highest BCUT2D eigenvalue weighted by molar-refractivity contribution is 8.14. The number of nitrogens with zero attached hydrogens (tertiary/aromatic N) is 1. The number of nitrogens with one attached hydrogen (secondary N) is 1. The summed E-state index contributed by atoms with van der Waals surface area (Å²) in [6.45, 7) is 4.63. The van der Waals surface area contributed by atoms with Gasteiger partial charge in [0, 0.05) is 26.6 Å². The molecule has 1 N–H and O–H groups in total. The van der Waals surface area contributed by atoms with Gasteiger partial charge in [0.05, 0.1) is 0 Å². The summed E-state index contributed by atoms with van der Waals surface area (Å²) in [5.41, 5.74) is 0. The molecule has 1 fully saturated rings. The molecule has 1 rings (SSSR count). The van der Waals surface area contributed by atoms with Crippen molar-refractivity contribution < 1.29 is 4.79 Å². The van der Waals surface area contributed by atoms with Crippen LogP contribution in [0.2, 0.25) is 0 Å². The van der Waals surface area contributed by atoms with E-state index < -0.39 is 0 Å². The van der Waals surface area contributed by atoms with Gasteiger partial charge in [-0.2, -0.15) is 0 Å². The van der Waals surface area contributed by atoms with Crippen LogP contribution in [-0.4, -0.2) is 43.0 Å². The second-order valence-corrected chi connectivity index (χ2v) is 5.98. The summed E-state index contributed by atoms with van der Waals surface area (Å²) < 4.78 is 3.47. The topological polar surface area (TPSA) is 32.3 Å². The predicted molar refractivity (Wildman–Crippen MR) is 59.2 cm³/mol. The van der Waals surface area contributed by atoms with Gasteiger partial charge in [-0.3, -0.25) is 9.52 Å². The first kappa shape index (κ1) is 10.9. The fourth-order valence-corrected chi connectivity index (χ4v) is 2.22. The van der Waals surface area contributed by atoms with E-state index in [0.29, 0.717) is 5.92 Å². The van der Waals surface area contributed by atoms with Crippen molar-refractivity contribution >= 4 is 17.0 Å². The minimum atomic E-state index is 0.000321. The number of likely N-dealkylation sites (tertiary alicyclic amines) is 1. The van der Waals surface area contributed by atoms with E-state index in [1.165, 1.54) is 0 Å². The van der Waals surface area contributed by atoms with E-state index in [2.05, 4.69) is 17.2 Å². The first-order valence-electron chi connectivity index (χ1n) is 4.76. The average Bonchev–Trinajstić information content (AvgIpc) is 2.48. The van der Waals surface area contributed by atoms with Crippen LogP contribution in [0, 0.1) is 5.92 Å². The van der Waals surface area contributed by atoms with Crippen molar-refractivity contribution in [3.63, 3.8) is 0 Å². The van der Waals surface area contributed by atoms with Gasteiger partial charge >= 0.3 is 0 Å². The molecule has 1 amide bonds. The highest BCUT2D eigenvalue weighted by atomic mass is 32.2. The normalized spacial score (nSPS) is 23.5. The first-order valence-corrected chi connectivity index (χ1v) is 6.99. The Morgan fingerprint density at radius 3 is 2.77 bits per heavy atom. The molecule has 4 heteroatoms. The van der Waals surface area contributed by atoms with E-state index in [4.69, 9.17) is 0 Å². The fourth-order valence-electron chi connectivity index (χ4n) is 1.60. The van der Waals surface area contributed by atoms with Gasteiger partial charge in [-0.15, -0.1) is 0 Å². The second-order valence-electron chi connectivity index (χ2n) is 3.88. The molecule has 78 valence electrons. The summed E-state index contributed by atoms with van der Waals surface area (Å²) in [5, 5.41) is 0. The maximum atomic E-state index is 11.0. The molecule has 1 aliphatic rings. The molecule has 0 aliphatic carbocycles. The summed E-state index contributed by atoms with van der Waals surface area (Å²) in [5.74, 6) is 0.895. The quantitative estimate of drug-likeness (QED) is 0.661. The molecule has 0 radical (unpaired) electrons. The zero-order valence-corrected chi connectivity index (χ0v) is 9.60. The third kappa shape index (κ3) is 3.56. The van der Waals surface area contributed by atoms with Gasteiger partial charge in [0.1, 0.15) is 0 Å². The van der Waals surface area contributed by atoms with Gasteiger partial charge in [0.15, 0.2) is 0 Å². The molecule has 1 atom stereocenters. The molecule has 0 spiro atoms. The summed E-state index contributed by atoms with van der Waals surface area (Å²) in [7, 11) is 0. The lowest BCUT2D eigenvalue weighted by molar-refractivity contribution is -0.127. The monoisotopic (exact) mass is 204 g/mol. The van der Waals surface area contributed by atoms with Crippen LogP contribution >= 0.6 is 11.1 Å². The summed E-state index contributed by atoms with van der Waals surface area (Å²) in [6.07, 6.45) is 5.59. The Morgan fingerprint density at radius 2 is 2.31 bits per heavy atom. The van der Waals surface area contributed by atoms with E-state index in [9.17, 15) is 4.79 Å². The van der Waals surface area contributed by atoms with Gasteiger partial charge in [0.2, 0.25) is 5.91 Å². The van der Waals surface area contributed by atoms with Crippen molar-refractivity contribution in [1.82, 2.24) is 9.62 Å². The third-order valence-corrected chi connectivity index (χ3v) is 3.24. The molecular formula is C9H20N2OS. The maximum Gasteiger partial charge on any atom is 0.219 e. The molecule has 1 aliphatic heterocycles. The SMILES string of the molecule is CC(=O)N1CCC(CN[SH](C)C)C1. The van der Waals surface area contributed by atoms with Gasteiger partial charge in [-0.25, -0.2) is 11.1 Å². The molecule has 3 nitrogen and oxygen atoms in total. The molecule has 0 aromatic carbocycles. The smallest absolute Gasteiger partial charge is 0.219 e. The van der Waals surface area contributed by atoms with Gasteiger partial charge < -0.3 is 4.90 Å². The Balaban J connectivity index is 2.21. The van der Waals surface area contributed by atoms with Crippen LogP contribution in [0.1, 0.15) is 13.3 Å². The third-order valence-electron chi connectivity index (χ3n) is 2.43. The van der Waals surface area contributed by atoms with E-state index >= 15 is 0 Å². The Hall–Kier alpha value is -0.220. The highest BCUT2D eigenvalue weighted by Crippen LogP contribution is 2.17. The molecule has 1 heterocycles. The van der Waals surface area contributed by atoms with E-state index in [0.717, 1.165) is 26.1 Å². The van der Waals surface area contributed by atoms with Crippen LogP contribution in [-0.2, 0) is 4.79 Å². The van der Waals surface area contributed by atoms with Crippen molar-refractivity contribution in [2.45, 2.75) is 13.3 Å². The molecule has 13 heavy (non-hydrogen) atoms. The van der Waals surface area contributed by atoms with Crippen LogP contribution in [0.5, 0.6) is 0 Å². The number of carbonyl (C=O) groups is 1. The maximum absolute atomic E-state index is 11.0. The molecule has 0 saturated carbocycles. The molecule has 0 aromatic rings. The molecule has 0 bridgehead atoms. The molecule has 1 saturated heterocycles. The Labute approximate surface area is 83.4 Å². The van der Waals surface area contributed by atoms with Gasteiger partial charge in [-0.1, -0.05) is 0 Å². The number of hydrogen-bond acceptors (Lipinski definition) is 2. The fraction of sp³-hybridized carbons (Fsp3) is 0.889. The number of hydrogen-bond donors (Lipinski definition) is 2. The van der Waals surface area contributed by atoms with Crippen molar-refractivity contribution in [3.05, 3.63) is 0 Å². The highest BCUT2D eigenvalue weighted by Gasteiger charge is 2.23. The van der Waals surface area contributed by atoms with E-state index in [1.807, 2.05) is 4.90 Å². The zero-order valence-electron chi connectivity index (χ0n) is 8.71. The second kappa shape index (κ2) is 4.86. The average molecular weight is 204 g/mol. The number of thiol groups is 1. The van der Waals surface area contributed by atoms with Crippen LogP contribution in [0.3, 0.4) is 0 Å². The van der Waals surface area contributed by atoms with Crippen LogP contribution in [0.4, 0.5) is 0 Å². The van der Waals surface area contributed by atoms with Crippen molar-refractivity contribution in [1.29, 1.82) is 0 Å². The van der Waals surface area contributed by atoms with Crippen LogP contribution < -0.4 is 4.72 Å². The van der Waals surface area contributed by atoms with Crippen LogP contribution in [0.15, 0.2) is 0 Å². The summed E-state index contributed by atoms with van der Waals surface area (Å²) in [6, 6.07) is 0. The molecular weight excluding hydrogens is 184 g/mol. The van der Waals surface area contributed by atoms with E-state index in [-0.39, 0.29) is 17.0 Å². The largest absolute Gasteiger partial charge is 0.343 e. The molecule has 0 aromatic heterocycles. The lowest BCUT2D eigenvalue weighted by Crippen LogP contribution is -2.28. The van der Waals surface area contributed by atoms with Crippen molar-refractivity contribution in [2.75, 3.05) is 32.1 Å². The lowest BCUT2D eigenvalue weighted by Gasteiger charge is -2.17. The van der Waals surface area contributed by atoms with Gasteiger partial charge in [-0.05, 0) is 24.9 Å².